The molecule has 3 aromatic rings. The third-order valence-corrected chi connectivity index (χ3v) is 8.91. The highest BCUT2D eigenvalue weighted by atomic mass is 31.2. The fraction of sp³-hybridized carbons (Fsp3) is 0.0455. The summed E-state index contributed by atoms with van der Waals surface area (Å²) in [4.78, 5) is 12.8. The summed E-state index contributed by atoms with van der Waals surface area (Å²) < 4.78 is 0. The molecule has 122 valence electrons. The molecule has 0 fully saturated rings. The van der Waals surface area contributed by atoms with Gasteiger partial charge >= 0.3 is 0 Å². The van der Waals surface area contributed by atoms with Gasteiger partial charge in [-0.25, -0.2) is 0 Å². The van der Waals surface area contributed by atoms with Crippen molar-refractivity contribution >= 4 is 29.1 Å². The van der Waals surface area contributed by atoms with Gasteiger partial charge in [0.1, 0.15) is 23.2 Å². The number of amides is 1. The largest absolute Gasteiger partial charge is 0.346 e. The van der Waals surface area contributed by atoms with E-state index >= 15 is 0 Å². The molecule has 0 unspecified atom stereocenters. The van der Waals surface area contributed by atoms with Crippen LogP contribution in [-0.4, -0.2) is 12.5 Å². The van der Waals surface area contributed by atoms with Crippen LogP contribution in [0.15, 0.2) is 102 Å². The first-order chi connectivity index (χ1) is 12.3. The SMILES string of the molecule is O=C1NCC=C1[P+](c1ccccc1)(c1ccccc1)c1ccccc1. The topological polar surface area (TPSA) is 29.1 Å². The summed E-state index contributed by atoms with van der Waals surface area (Å²) in [6.07, 6.45) is 2.07. The Morgan fingerprint density at radius 3 is 1.36 bits per heavy atom. The normalized spacial score (nSPS) is 14.1. The van der Waals surface area contributed by atoms with Crippen molar-refractivity contribution in [2.45, 2.75) is 0 Å². The molecular weight excluding hydrogens is 325 g/mol. The van der Waals surface area contributed by atoms with Crippen LogP contribution in [0.1, 0.15) is 0 Å². The summed E-state index contributed by atoms with van der Waals surface area (Å²) in [5, 5.41) is 7.49. The molecule has 0 bridgehead atoms. The van der Waals surface area contributed by atoms with E-state index in [0.29, 0.717) is 6.54 Å². The van der Waals surface area contributed by atoms with Gasteiger partial charge in [-0.15, -0.1) is 0 Å². The van der Waals surface area contributed by atoms with Gasteiger partial charge < -0.3 is 5.32 Å². The average Bonchev–Trinajstić information content (AvgIpc) is 3.12. The Bertz CT molecular complexity index is 808. The monoisotopic (exact) mass is 344 g/mol. The van der Waals surface area contributed by atoms with Crippen LogP contribution in [0.5, 0.6) is 0 Å². The zero-order chi connectivity index (χ0) is 17.1. The smallest absolute Gasteiger partial charge is 0.287 e. The maximum atomic E-state index is 12.8. The zero-order valence-corrected chi connectivity index (χ0v) is 14.7. The van der Waals surface area contributed by atoms with Crippen LogP contribution in [0, 0.1) is 0 Å². The number of hydrogen-bond acceptors (Lipinski definition) is 1. The first kappa shape index (κ1) is 15.8. The molecule has 2 nitrogen and oxygen atoms in total. The van der Waals surface area contributed by atoms with E-state index in [1.807, 2.05) is 18.2 Å². The van der Waals surface area contributed by atoms with Crippen LogP contribution in [0.25, 0.3) is 0 Å². The molecule has 0 saturated heterocycles. The second-order valence-electron chi connectivity index (χ2n) is 5.98. The van der Waals surface area contributed by atoms with E-state index < -0.39 is 7.26 Å². The molecule has 1 aliphatic heterocycles. The molecule has 1 amide bonds. The van der Waals surface area contributed by atoms with Crippen molar-refractivity contribution in [2.75, 3.05) is 6.54 Å². The van der Waals surface area contributed by atoms with Crippen LogP contribution in [0.2, 0.25) is 0 Å². The van der Waals surface area contributed by atoms with Crippen LogP contribution < -0.4 is 21.2 Å². The standard InChI is InChI=1S/C22H18NOP/c24-22-21(16-17-23-22)25(18-10-4-1-5-11-18,19-12-6-2-7-13-19)20-14-8-3-9-15-20/h1-16H,17H2/p+1. The zero-order valence-electron chi connectivity index (χ0n) is 13.8. The second kappa shape index (κ2) is 6.66. The number of rotatable bonds is 4. The van der Waals surface area contributed by atoms with Crippen molar-refractivity contribution in [1.82, 2.24) is 5.32 Å². The lowest BCUT2D eigenvalue weighted by Crippen LogP contribution is -2.35. The van der Waals surface area contributed by atoms with E-state index in [9.17, 15) is 4.79 Å². The lowest BCUT2D eigenvalue weighted by molar-refractivity contribution is -0.116. The lowest BCUT2D eigenvalue weighted by Gasteiger charge is -2.27. The fourth-order valence-electron chi connectivity index (χ4n) is 3.53. The van der Waals surface area contributed by atoms with E-state index in [0.717, 1.165) is 5.31 Å². The molecule has 3 heteroatoms. The van der Waals surface area contributed by atoms with Crippen LogP contribution in [0.4, 0.5) is 0 Å². The van der Waals surface area contributed by atoms with Crippen molar-refractivity contribution in [3.8, 4) is 0 Å². The van der Waals surface area contributed by atoms with Gasteiger partial charge in [0.2, 0.25) is 0 Å². The van der Waals surface area contributed by atoms with Gasteiger partial charge in [-0.3, -0.25) is 4.79 Å². The van der Waals surface area contributed by atoms with E-state index in [4.69, 9.17) is 0 Å². The molecule has 1 heterocycles. The minimum atomic E-state index is -2.21. The van der Waals surface area contributed by atoms with Crippen molar-refractivity contribution in [2.24, 2.45) is 0 Å². The Labute approximate surface area is 148 Å². The molecule has 0 atom stereocenters. The van der Waals surface area contributed by atoms with E-state index in [2.05, 4.69) is 84.2 Å². The van der Waals surface area contributed by atoms with Crippen LogP contribution in [0.3, 0.4) is 0 Å². The summed E-state index contributed by atoms with van der Waals surface area (Å²) in [5.74, 6) is 0.0462. The Morgan fingerprint density at radius 2 is 1.04 bits per heavy atom. The number of carbonyl (C=O) groups is 1. The Kier molecular flexibility index (Phi) is 4.21. The number of benzene rings is 3. The minimum Gasteiger partial charge on any atom is -0.346 e. The highest BCUT2D eigenvalue weighted by molar-refractivity contribution is 7.99. The first-order valence-electron chi connectivity index (χ1n) is 8.38. The highest BCUT2D eigenvalue weighted by Crippen LogP contribution is 2.62. The van der Waals surface area contributed by atoms with Crippen molar-refractivity contribution in [1.29, 1.82) is 0 Å². The van der Waals surface area contributed by atoms with E-state index in [-0.39, 0.29) is 5.91 Å². The van der Waals surface area contributed by atoms with Crippen LogP contribution in [-0.2, 0) is 4.79 Å². The molecule has 25 heavy (non-hydrogen) atoms. The Balaban J connectivity index is 2.11. The third-order valence-electron chi connectivity index (χ3n) is 4.58. The summed E-state index contributed by atoms with van der Waals surface area (Å²) >= 11 is 0. The molecule has 0 spiro atoms. The quantitative estimate of drug-likeness (QED) is 0.725. The predicted molar refractivity (Wildman–Crippen MR) is 106 cm³/mol. The Hall–Kier alpha value is -2.70. The first-order valence-corrected chi connectivity index (χ1v) is 10.2. The Morgan fingerprint density at radius 1 is 0.640 bits per heavy atom. The second-order valence-corrected chi connectivity index (χ2v) is 9.35. The maximum Gasteiger partial charge on any atom is 0.287 e. The average molecular weight is 344 g/mol. The number of nitrogens with one attached hydrogen (secondary N) is 1. The molecule has 1 N–H and O–H groups in total. The molecular formula is C22H19NOP+. The van der Waals surface area contributed by atoms with Gasteiger partial charge in [-0.1, -0.05) is 54.6 Å². The summed E-state index contributed by atoms with van der Waals surface area (Å²) in [6, 6.07) is 31.3. The van der Waals surface area contributed by atoms with Crippen molar-refractivity contribution < 1.29 is 4.79 Å². The van der Waals surface area contributed by atoms with Crippen LogP contribution >= 0.6 is 7.26 Å². The van der Waals surface area contributed by atoms with Gasteiger partial charge in [0, 0.05) is 6.54 Å². The van der Waals surface area contributed by atoms with Crippen molar-refractivity contribution in [3.05, 3.63) is 102 Å². The number of hydrogen-bond donors (Lipinski definition) is 1. The summed E-state index contributed by atoms with van der Waals surface area (Å²) in [5.41, 5.74) is 0. The molecule has 0 aliphatic carbocycles. The molecule has 1 aliphatic rings. The summed E-state index contributed by atoms with van der Waals surface area (Å²) in [7, 11) is -2.21. The van der Waals surface area contributed by atoms with Gasteiger partial charge in [0.25, 0.3) is 5.91 Å². The molecule has 0 saturated carbocycles. The molecule has 4 rings (SSSR count). The molecule has 3 aromatic carbocycles. The highest BCUT2D eigenvalue weighted by Gasteiger charge is 2.53. The van der Waals surface area contributed by atoms with Gasteiger partial charge in [-0.05, 0) is 42.5 Å². The fourth-order valence-corrected chi connectivity index (χ4v) is 7.87. The molecule has 0 radical (unpaired) electrons. The third kappa shape index (κ3) is 2.59. The summed E-state index contributed by atoms with van der Waals surface area (Å²) in [6.45, 7) is 0.600. The predicted octanol–water partition coefficient (Wildman–Crippen LogP) is 2.99. The van der Waals surface area contributed by atoms with Gasteiger partial charge in [0.05, 0.1) is 0 Å². The van der Waals surface area contributed by atoms with Gasteiger partial charge in [0.15, 0.2) is 5.31 Å². The van der Waals surface area contributed by atoms with E-state index in [1.54, 1.807) is 0 Å². The van der Waals surface area contributed by atoms with E-state index in [1.165, 1.54) is 15.9 Å². The minimum absolute atomic E-state index is 0.0462. The lowest BCUT2D eigenvalue weighted by atomic mass is 10.3. The van der Waals surface area contributed by atoms with Gasteiger partial charge in [-0.2, -0.15) is 0 Å². The number of carbonyl (C=O) groups excluding carboxylic acids is 1. The molecule has 0 aromatic heterocycles. The van der Waals surface area contributed by atoms with Crippen molar-refractivity contribution in [3.63, 3.8) is 0 Å². The maximum absolute atomic E-state index is 12.8.